The third-order valence-corrected chi connectivity index (χ3v) is 6.87. The molecule has 3 aromatic heterocycles. The lowest BCUT2D eigenvalue weighted by Crippen LogP contribution is -2.35. The van der Waals surface area contributed by atoms with Gasteiger partial charge in [0.25, 0.3) is 0 Å². The predicted octanol–water partition coefficient (Wildman–Crippen LogP) is 4.17. The van der Waals surface area contributed by atoms with Crippen molar-refractivity contribution >= 4 is 16.7 Å². The number of hydrogen-bond donors (Lipinski definition) is 3. The second-order valence-corrected chi connectivity index (χ2v) is 9.39. The molecule has 2 aromatic carbocycles. The largest absolute Gasteiger partial charge is 0.399 e. The number of fused-ring (bicyclic) bond motifs is 1. The molecule has 0 radical (unpaired) electrons. The number of H-pyrrole nitrogens is 1. The van der Waals surface area contributed by atoms with Gasteiger partial charge in [-0.25, -0.2) is 4.98 Å². The van der Waals surface area contributed by atoms with Gasteiger partial charge in [0.1, 0.15) is 11.3 Å². The number of nitrogens with two attached hydrogens (primary N) is 1. The van der Waals surface area contributed by atoms with Crippen molar-refractivity contribution in [1.29, 1.82) is 0 Å². The zero-order chi connectivity index (χ0) is 25.2. The Hall–Kier alpha value is -3.98. The topological polar surface area (TPSA) is 105 Å². The van der Waals surface area contributed by atoms with E-state index in [1.54, 1.807) is 4.68 Å². The molecule has 6 rings (SSSR count). The van der Waals surface area contributed by atoms with Crippen molar-refractivity contribution in [2.24, 2.45) is 0 Å². The summed E-state index contributed by atoms with van der Waals surface area (Å²) in [6, 6.07) is 20.6. The van der Waals surface area contributed by atoms with E-state index in [2.05, 4.69) is 45.2 Å². The van der Waals surface area contributed by atoms with Gasteiger partial charge in [-0.05, 0) is 41.0 Å². The molecule has 1 aliphatic rings. The van der Waals surface area contributed by atoms with Crippen LogP contribution in [0.25, 0.3) is 44.7 Å². The van der Waals surface area contributed by atoms with E-state index in [0.717, 1.165) is 77.5 Å². The number of aliphatic hydroxyl groups is 1. The van der Waals surface area contributed by atoms with Gasteiger partial charge >= 0.3 is 0 Å². The van der Waals surface area contributed by atoms with E-state index < -0.39 is 0 Å². The number of ether oxygens (including phenoxy) is 1. The van der Waals surface area contributed by atoms with Crippen LogP contribution in [0.15, 0.2) is 73.1 Å². The summed E-state index contributed by atoms with van der Waals surface area (Å²) in [5, 5.41) is 15.3. The van der Waals surface area contributed by atoms with E-state index in [9.17, 15) is 5.11 Å². The minimum absolute atomic E-state index is 0.0177. The average molecular weight is 495 g/mol. The van der Waals surface area contributed by atoms with Crippen molar-refractivity contribution in [1.82, 2.24) is 24.6 Å². The highest BCUT2D eigenvalue weighted by Crippen LogP contribution is 2.37. The average Bonchev–Trinajstić information content (AvgIpc) is 3.55. The molecule has 37 heavy (non-hydrogen) atoms. The van der Waals surface area contributed by atoms with Gasteiger partial charge in [-0.15, -0.1) is 0 Å². The quantitative estimate of drug-likeness (QED) is 0.293. The molecule has 0 bridgehead atoms. The fraction of sp³-hybridized carbons (Fsp3) is 0.241. The van der Waals surface area contributed by atoms with Crippen LogP contribution in [-0.2, 0) is 17.8 Å². The minimum Gasteiger partial charge on any atom is -0.399 e. The molecule has 0 amide bonds. The van der Waals surface area contributed by atoms with Crippen molar-refractivity contribution in [3.63, 3.8) is 0 Å². The SMILES string of the molecule is Nc1ccc(-c2nn(CCO)cc2-c2ccnc3[nH]c(-c4ccc(CN5CCOCC5)cc4)cc23)cc1. The summed E-state index contributed by atoms with van der Waals surface area (Å²) in [5.41, 5.74) is 14.7. The third kappa shape index (κ3) is 4.86. The summed E-state index contributed by atoms with van der Waals surface area (Å²) in [5.74, 6) is 0. The first-order valence-corrected chi connectivity index (χ1v) is 12.6. The summed E-state index contributed by atoms with van der Waals surface area (Å²) in [6.07, 6.45) is 3.81. The molecule has 5 aromatic rings. The van der Waals surface area contributed by atoms with E-state index >= 15 is 0 Å². The summed E-state index contributed by atoms with van der Waals surface area (Å²) in [7, 11) is 0. The number of nitrogens with zero attached hydrogens (tertiary/aromatic N) is 4. The Morgan fingerprint density at radius 2 is 1.70 bits per heavy atom. The molecule has 8 nitrogen and oxygen atoms in total. The first-order chi connectivity index (χ1) is 18.2. The van der Waals surface area contributed by atoms with Crippen molar-refractivity contribution in [3.8, 4) is 33.6 Å². The van der Waals surface area contributed by atoms with Crippen molar-refractivity contribution in [2.45, 2.75) is 13.1 Å². The molecule has 1 fully saturated rings. The summed E-state index contributed by atoms with van der Waals surface area (Å²) in [6.45, 7) is 4.95. The number of aromatic amines is 1. The Labute approximate surface area is 215 Å². The zero-order valence-corrected chi connectivity index (χ0v) is 20.6. The number of morpholine rings is 1. The maximum absolute atomic E-state index is 9.51. The van der Waals surface area contributed by atoms with Gasteiger partial charge in [-0.1, -0.05) is 36.4 Å². The summed E-state index contributed by atoms with van der Waals surface area (Å²) < 4.78 is 7.25. The van der Waals surface area contributed by atoms with Crippen LogP contribution in [0.2, 0.25) is 0 Å². The Morgan fingerprint density at radius 1 is 0.946 bits per heavy atom. The lowest BCUT2D eigenvalue weighted by Gasteiger charge is -2.26. The third-order valence-electron chi connectivity index (χ3n) is 6.87. The molecule has 4 heterocycles. The molecule has 0 atom stereocenters. The number of anilines is 1. The molecule has 1 saturated heterocycles. The van der Waals surface area contributed by atoms with E-state index in [1.807, 2.05) is 42.7 Å². The second kappa shape index (κ2) is 10.2. The van der Waals surface area contributed by atoms with Crippen LogP contribution in [0.5, 0.6) is 0 Å². The highest BCUT2D eigenvalue weighted by atomic mass is 16.5. The highest BCUT2D eigenvalue weighted by molar-refractivity contribution is 5.99. The maximum Gasteiger partial charge on any atom is 0.138 e. The lowest BCUT2D eigenvalue weighted by molar-refractivity contribution is 0.0342. The Morgan fingerprint density at radius 3 is 2.46 bits per heavy atom. The van der Waals surface area contributed by atoms with Crippen LogP contribution in [0.4, 0.5) is 5.69 Å². The molecular weight excluding hydrogens is 464 g/mol. The number of rotatable bonds is 7. The van der Waals surface area contributed by atoms with Crippen LogP contribution >= 0.6 is 0 Å². The molecule has 8 heteroatoms. The van der Waals surface area contributed by atoms with Gasteiger partial charge in [0.15, 0.2) is 0 Å². The summed E-state index contributed by atoms with van der Waals surface area (Å²) in [4.78, 5) is 10.5. The molecule has 0 saturated carbocycles. The number of aliphatic hydroxyl groups excluding tert-OH is 1. The van der Waals surface area contributed by atoms with Gasteiger partial charge in [-0.3, -0.25) is 9.58 Å². The number of hydrogen-bond acceptors (Lipinski definition) is 6. The van der Waals surface area contributed by atoms with Crippen LogP contribution in [0.3, 0.4) is 0 Å². The first-order valence-electron chi connectivity index (χ1n) is 12.6. The molecule has 0 spiro atoms. The molecule has 1 aliphatic heterocycles. The van der Waals surface area contributed by atoms with Crippen LogP contribution in [-0.4, -0.2) is 62.7 Å². The molecule has 0 unspecified atom stereocenters. The Bertz CT molecular complexity index is 1500. The Kier molecular flexibility index (Phi) is 6.44. The van der Waals surface area contributed by atoms with Gasteiger partial charge in [0, 0.05) is 59.9 Å². The minimum atomic E-state index is 0.0177. The first kappa shape index (κ1) is 23.4. The highest BCUT2D eigenvalue weighted by Gasteiger charge is 2.18. The number of aromatic nitrogens is 4. The number of nitrogens with one attached hydrogen (secondary N) is 1. The number of nitrogen functional groups attached to an aromatic ring is 1. The lowest BCUT2D eigenvalue weighted by atomic mass is 10.00. The fourth-order valence-electron chi connectivity index (χ4n) is 4.91. The maximum atomic E-state index is 9.51. The smallest absolute Gasteiger partial charge is 0.138 e. The number of pyridine rings is 1. The summed E-state index contributed by atoms with van der Waals surface area (Å²) >= 11 is 0. The second-order valence-electron chi connectivity index (χ2n) is 9.39. The van der Waals surface area contributed by atoms with Crippen molar-refractivity contribution < 1.29 is 9.84 Å². The molecule has 188 valence electrons. The monoisotopic (exact) mass is 494 g/mol. The van der Waals surface area contributed by atoms with E-state index in [0.29, 0.717) is 12.2 Å². The van der Waals surface area contributed by atoms with Gasteiger partial charge in [0.2, 0.25) is 0 Å². The van der Waals surface area contributed by atoms with E-state index in [4.69, 9.17) is 15.6 Å². The molecule has 4 N–H and O–H groups in total. The fourth-order valence-corrected chi connectivity index (χ4v) is 4.91. The Balaban J connectivity index is 1.35. The van der Waals surface area contributed by atoms with E-state index in [1.165, 1.54) is 5.56 Å². The normalized spacial score (nSPS) is 14.4. The van der Waals surface area contributed by atoms with Crippen molar-refractivity contribution in [3.05, 3.63) is 78.6 Å². The van der Waals surface area contributed by atoms with Gasteiger partial charge < -0.3 is 20.6 Å². The van der Waals surface area contributed by atoms with Crippen LogP contribution < -0.4 is 5.73 Å². The van der Waals surface area contributed by atoms with E-state index in [-0.39, 0.29) is 6.61 Å². The van der Waals surface area contributed by atoms with Crippen molar-refractivity contribution in [2.75, 3.05) is 38.6 Å². The van der Waals surface area contributed by atoms with Crippen LogP contribution in [0.1, 0.15) is 5.56 Å². The van der Waals surface area contributed by atoms with Gasteiger partial charge in [0.05, 0.1) is 26.4 Å². The van der Waals surface area contributed by atoms with Gasteiger partial charge in [-0.2, -0.15) is 5.10 Å². The number of benzene rings is 2. The zero-order valence-electron chi connectivity index (χ0n) is 20.6. The van der Waals surface area contributed by atoms with Crippen LogP contribution in [0, 0.1) is 0 Å². The molecule has 0 aliphatic carbocycles. The standard InChI is InChI=1S/C29H30N6O2/c30-23-7-5-22(6-8-23)28-26(19-35(33-28)11-14-36)24-9-10-31-29-25(24)17-27(32-29)21-3-1-20(2-4-21)18-34-12-15-37-16-13-34/h1-10,17,19,36H,11-16,18,30H2,(H,31,32). The molecular formula is C29H30N6O2. The predicted molar refractivity (Wildman–Crippen MR) is 146 cm³/mol.